The van der Waals surface area contributed by atoms with Crippen molar-refractivity contribution in [3.8, 4) is 0 Å². The molecule has 0 heterocycles. The number of carbonyl (C=O) groups excluding carboxylic acids is 2. The van der Waals surface area contributed by atoms with E-state index in [0.717, 1.165) is 28.7 Å². The first-order chi connectivity index (χ1) is 18.1. The first-order valence-corrected chi connectivity index (χ1v) is 12.7. The Bertz CT molecular complexity index is 1440. The molecule has 38 heavy (non-hydrogen) atoms. The summed E-state index contributed by atoms with van der Waals surface area (Å²) in [6, 6.07) is 25.9. The van der Waals surface area contributed by atoms with Gasteiger partial charge in [-0.05, 0) is 66.6 Å². The highest BCUT2D eigenvalue weighted by atomic mass is 35.5. The van der Waals surface area contributed by atoms with Crippen LogP contribution in [0.15, 0.2) is 102 Å². The number of nitrogens with one attached hydrogen (secondary N) is 2. The lowest BCUT2D eigenvalue weighted by Gasteiger charge is -2.18. The summed E-state index contributed by atoms with van der Waals surface area (Å²) in [5.41, 5.74) is 1.63. The number of benzene rings is 4. The van der Waals surface area contributed by atoms with Crippen LogP contribution in [0.4, 0.5) is 24.5 Å². The normalized spacial score (nSPS) is 12.0. The highest BCUT2D eigenvalue weighted by Gasteiger charge is 2.31. The molecule has 0 saturated heterocycles. The van der Waals surface area contributed by atoms with Gasteiger partial charge in [0, 0.05) is 16.1 Å². The number of hydrogen-bond acceptors (Lipinski definition) is 3. The van der Waals surface area contributed by atoms with E-state index in [4.69, 9.17) is 11.6 Å². The number of amides is 2. The molecule has 0 fully saturated rings. The zero-order valence-corrected chi connectivity index (χ0v) is 21.6. The molecule has 0 saturated carbocycles. The summed E-state index contributed by atoms with van der Waals surface area (Å²) in [6.07, 6.45) is -4.58. The van der Waals surface area contributed by atoms with Crippen LogP contribution < -0.4 is 10.6 Å². The van der Waals surface area contributed by atoms with Gasteiger partial charge in [-0.15, -0.1) is 11.8 Å². The Morgan fingerprint density at radius 3 is 2.16 bits per heavy atom. The third-order valence-corrected chi connectivity index (χ3v) is 7.24. The number of hydrogen-bond donors (Lipinski definition) is 2. The van der Waals surface area contributed by atoms with E-state index in [1.165, 1.54) is 11.8 Å². The van der Waals surface area contributed by atoms with Gasteiger partial charge in [-0.1, -0.05) is 60.1 Å². The second-order valence-electron chi connectivity index (χ2n) is 8.38. The number of thioether (sulfide) groups is 1. The molecule has 2 N–H and O–H groups in total. The van der Waals surface area contributed by atoms with Crippen LogP contribution >= 0.6 is 23.4 Å². The molecule has 0 aromatic heterocycles. The molecule has 0 aliphatic rings. The Morgan fingerprint density at radius 2 is 1.50 bits per heavy atom. The highest BCUT2D eigenvalue weighted by molar-refractivity contribution is 8.00. The van der Waals surface area contributed by atoms with Crippen molar-refractivity contribution in [1.29, 1.82) is 0 Å². The van der Waals surface area contributed by atoms with Crippen molar-refractivity contribution in [2.45, 2.75) is 23.2 Å². The summed E-state index contributed by atoms with van der Waals surface area (Å²) in [5.74, 6) is -0.762. The average molecular weight is 555 g/mol. The minimum absolute atomic E-state index is 0.00286. The fourth-order valence-corrected chi connectivity index (χ4v) is 4.86. The summed E-state index contributed by atoms with van der Waals surface area (Å²) in [7, 11) is 0. The second kappa shape index (κ2) is 11.8. The van der Waals surface area contributed by atoms with Gasteiger partial charge in [0.2, 0.25) is 5.91 Å². The molecule has 4 aromatic rings. The molecule has 0 aliphatic carbocycles. The van der Waals surface area contributed by atoms with Crippen LogP contribution in [0.25, 0.3) is 0 Å². The van der Waals surface area contributed by atoms with E-state index in [0.29, 0.717) is 16.8 Å². The summed E-state index contributed by atoms with van der Waals surface area (Å²) < 4.78 is 39.6. The fraction of sp³-hybridized carbons (Fsp3) is 0.103. The van der Waals surface area contributed by atoms with Crippen molar-refractivity contribution in [1.82, 2.24) is 0 Å². The molecule has 0 spiro atoms. The first-order valence-electron chi connectivity index (χ1n) is 11.5. The molecule has 2 amide bonds. The molecule has 4 aromatic carbocycles. The van der Waals surface area contributed by atoms with E-state index in [1.54, 1.807) is 66.7 Å². The Balaban J connectivity index is 1.53. The van der Waals surface area contributed by atoms with Gasteiger partial charge >= 0.3 is 6.18 Å². The smallest absolute Gasteiger partial charge is 0.323 e. The van der Waals surface area contributed by atoms with Gasteiger partial charge in [-0.2, -0.15) is 13.2 Å². The lowest BCUT2D eigenvalue weighted by molar-refractivity contribution is -0.137. The molecular formula is C29H22ClF3N2O2S. The lowest BCUT2D eigenvalue weighted by Crippen LogP contribution is -2.19. The zero-order valence-electron chi connectivity index (χ0n) is 20.1. The van der Waals surface area contributed by atoms with E-state index in [2.05, 4.69) is 10.6 Å². The third kappa shape index (κ3) is 6.76. The van der Waals surface area contributed by atoms with Crippen molar-refractivity contribution >= 4 is 46.6 Å². The van der Waals surface area contributed by atoms with Crippen LogP contribution in [0, 0.1) is 6.92 Å². The topological polar surface area (TPSA) is 58.2 Å². The summed E-state index contributed by atoms with van der Waals surface area (Å²) in [6.45, 7) is 1.86. The molecule has 4 nitrogen and oxygen atoms in total. The minimum atomic E-state index is -4.58. The van der Waals surface area contributed by atoms with Gasteiger partial charge in [-0.25, -0.2) is 0 Å². The quantitative estimate of drug-likeness (QED) is 0.226. The van der Waals surface area contributed by atoms with Crippen LogP contribution in [0.5, 0.6) is 0 Å². The van der Waals surface area contributed by atoms with Crippen LogP contribution in [0.2, 0.25) is 5.02 Å². The maximum absolute atomic E-state index is 13.3. The molecule has 0 radical (unpaired) electrons. The predicted octanol–water partition coefficient (Wildman–Crippen LogP) is 8.39. The lowest BCUT2D eigenvalue weighted by atomic mass is 10.1. The number of alkyl halides is 3. The average Bonchev–Trinajstić information content (AvgIpc) is 2.89. The van der Waals surface area contributed by atoms with Crippen LogP contribution in [0.3, 0.4) is 0 Å². The van der Waals surface area contributed by atoms with E-state index in [9.17, 15) is 22.8 Å². The standard InChI is InChI=1S/C29H22ClF3N2O2S/c1-18-7-5-6-10-23(18)27(36)34-21-12-14-22(15-13-21)38-26(19-8-3-2-4-9-19)28(37)35-25-17-20(29(31,32)33)11-16-24(25)30/h2-17,26H,1H3,(H,34,36)(H,35,37). The number of anilines is 2. The van der Waals surface area contributed by atoms with Gasteiger partial charge in [-0.3, -0.25) is 9.59 Å². The maximum atomic E-state index is 13.3. The minimum Gasteiger partial charge on any atom is -0.323 e. The fourth-order valence-electron chi connectivity index (χ4n) is 3.68. The first kappa shape index (κ1) is 27.3. The van der Waals surface area contributed by atoms with E-state index >= 15 is 0 Å². The van der Waals surface area contributed by atoms with Gasteiger partial charge in [0.25, 0.3) is 5.91 Å². The number of rotatable bonds is 7. The molecule has 194 valence electrons. The Morgan fingerprint density at radius 1 is 0.842 bits per heavy atom. The van der Waals surface area contributed by atoms with Gasteiger partial charge in [0.1, 0.15) is 5.25 Å². The monoisotopic (exact) mass is 554 g/mol. The van der Waals surface area contributed by atoms with E-state index in [-0.39, 0.29) is 16.6 Å². The molecule has 9 heteroatoms. The molecule has 4 rings (SSSR count). The van der Waals surface area contributed by atoms with Crippen molar-refractivity contribution in [2.75, 3.05) is 10.6 Å². The number of carbonyl (C=O) groups is 2. The van der Waals surface area contributed by atoms with Gasteiger partial charge < -0.3 is 10.6 Å². The SMILES string of the molecule is Cc1ccccc1C(=O)Nc1ccc(SC(C(=O)Nc2cc(C(F)(F)F)ccc2Cl)c2ccccc2)cc1. The van der Waals surface area contributed by atoms with Crippen LogP contribution in [0.1, 0.15) is 32.3 Å². The predicted molar refractivity (Wildman–Crippen MR) is 146 cm³/mol. The van der Waals surface area contributed by atoms with Crippen LogP contribution in [-0.2, 0) is 11.0 Å². The van der Waals surface area contributed by atoms with Crippen molar-refractivity contribution in [3.63, 3.8) is 0 Å². The van der Waals surface area contributed by atoms with Crippen molar-refractivity contribution in [3.05, 3.63) is 124 Å². The summed E-state index contributed by atoms with van der Waals surface area (Å²) in [4.78, 5) is 26.6. The van der Waals surface area contributed by atoms with Crippen LogP contribution in [-0.4, -0.2) is 11.8 Å². The van der Waals surface area contributed by atoms with E-state index in [1.807, 2.05) is 19.1 Å². The second-order valence-corrected chi connectivity index (χ2v) is 9.97. The van der Waals surface area contributed by atoms with Gasteiger partial charge in [0.15, 0.2) is 0 Å². The number of halogens is 4. The largest absolute Gasteiger partial charge is 0.416 e. The third-order valence-electron chi connectivity index (χ3n) is 5.65. The van der Waals surface area contributed by atoms with Crippen molar-refractivity contribution < 1.29 is 22.8 Å². The Hall–Kier alpha value is -3.75. The van der Waals surface area contributed by atoms with E-state index < -0.39 is 22.9 Å². The summed E-state index contributed by atoms with van der Waals surface area (Å²) in [5, 5.41) is 4.62. The number of aryl methyl sites for hydroxylation is 1. The molecule has 0 aliphatic heterocycles. The van der Waals surface area contributed by atoms with Crippen molar-refractivity contribution in [2.24, 2.45) is 0 Å². The van der Waals surface area contributed by atoms with Gasteiger partial charge in [0.05, 0.1) is 16.3 Å². The Labute approximate surface area is 227 Å². The summed E-state index contributed by atoms with van der Waals surface area (Å²) >= 11 is 7.31. The molecule has 0 bridgehead atoms. The Kier molecular flexibility index (Phi) is 8.44. The maximum Gasteiger partial charge on any atom is 0.416 e. The molecule has 1 unspecified atom stereocenters. The molecule has 1 atom stereocenters. The highest BCUT2D eigenvalue weighted by Crippen LogP contribution is 2.38. The molecular weight excluding hydrogens is 533 g/mol. The zero-order chi connectivity index (χ0) is 27.3.